The summed E-state index contributed by atoms with van der Waals surface area (Å²) in [4.78, 5) is 36.2. The number of nitrogens with zero attached hydrogens (tertiary/aromatic N) is 1. The zero-order chi connectivity index (χ0) is 17.7. The number of carboxylic acids is 1. The molecule has 1 aliphatic heterocycles. The fraction of sp³-hybridized carbons (Fsp3) is 0.250. The predicted molar refractivity (Wildman–Crippen MR) is 94.5 cm³/mol. The first-order valence-electron chi connectivity index (χ1n) is 7.08. The maximum absolute atomic E-state index is 12.3. The van der Waals surface area contributed by atoms with E-state index in [1.54, 1.807) is 30.3 Å². The zero-order valence-electron chi connectivity index (χ0n) is 12.9. The maximum atomic E-state index is 12.3. The predicted octanol–water partition coefficient (Wildman–Crippen LogP) is 2.54. The van der Waals surface area contributed by atoms with E-state index in [9.17, 15) is 14.4 Å². The van der Waals surface area contributed by atoms with E-state index in [4.69, 9.17) is 17.3 Å². The first-order chi connectivity index (χ1) is 11.4. The highest BCUT2D eigenvalue weighted by Crippen LogP contribution is 2.32. The lowest BCUT2D eigenvalue weighted by molar-refractivity contribution is -0.137. The number of esters is 1. The molecule has 0 aliphatic carbocycles. The molecule has 1 aromatic rings. The van der Waals surface area contributed by atoms with Crippen LogP contribution < -0.4 is 0 Å². The van der Waals surface area contributed by atoms with Crippen molar-refractivity contribution in [3.63, 3.8) is 0 Å². The summed E-state index contributed by atoms with van der Waals surface area (Å²) in [7, 11) is 1.31. The molecule has 1 N–H and O–H groups in total. The Kier molecular flexibility index (Phi) is 6.10. The van der Waals surface area contributed by atoms with Gasteiger partial charge in [-0.3, -0.25) is 14.5 Å². The Labute approximate surface area is 148 Å². The van der Waals surface area contributed by atoms with Crippen LogP contribution in [-0.4, -0.2) is 45.8 Å². The second kappa shape index (κ2) is 8.07. The van der Waals surface area contributed by atoms with Gasteiger partial charge in [-0.2, -0.15) is 0 Å². The number of rotatable bonds is 6. The van der Waals surface area contributed by atoms with Gasteiger partial charge >= 0.3 is 11.9 Å². The van der Waals surface area contributed by atoms with Crippen LogP contribution in [0.5, 0.6) is 0 Å². The standard InChI is InChI=1S/C16H15NO5S2/c1-22-15(21)11-6-4-10(5-7-11)9-12-14(20)17(16(23)24-12)8-2-3-13(18)19/h4-7,9H,2-3,8H2,1H3,(H,18,19). The van der Waals surface area contributed by atoms with E-state index < -0.39 is 11.9 Å². The van der Waals surface area contributed by atoms with Crippen LogP contribution in [-0.2, 0) is 14.3 Å². The van der Waals surface area contributed by atoms with Crippen LogP contribution in [0.4, 0.5) is 0 Å². The minimum absolute atomic E-state index is 0.00883. The van der Waals surface area contributed by atoms with Gasteiger partial charge in [-0.15, -0.1) is 0 Å². The summed E-state index contributed by atoms with van der Waals surface area (Å²) < 4.78 is 5.05. The van der Waals surface area contributed by atoms with E-state index in [0.29, 0.717) is 21.2 Å². The highest BCUT2D eigenvalue weighted by Gasteiger charge is 2.31. The fourth-order valence-electron chi connectivity index (χ4n) is 2.07. The highest BCUT2D eigenvalue weighted by atomic mass is 32.2. The van der Waals surface area contributed by atoms with Crippen molar-refractivity contribution >= 4 is 52.2 Å². The molecular formula is C16H15NO5S2. The molecule has 0 bridgehead atoms. The molecule has 1 heterocycles. The molecule has 0 saturated carbocycles. The number of hydrogen-bond acceptors (Lipinski definition) is 6. The number of hydrogen-bond donors (Lipinski definition) is 1. The van der Waals surface area contributed by atoms with Gasteiger partial charge in [0.05, 0.1) is 17.6 Å². The van der Waals surface area contributed by atoms with Crippen molar-refractivity contribution in [2.24, 2.45) is 0 Å². The Balaban J connectivity index is 2.07. The molecule has 2 rings (SSSR count). The number of methoxy groups -OCH3 is 1. The van der Waals surface area contributed by atoms with Gasteiger partial charge in [-0.1, -0.05) is 36.1 Å². The van der Waals surface area contributed by atoms with E-state index in [-0.39, 0.29) is 18.9 Å². The average Bonchev–Trinajstić information content (AvgIpc) is 2.82. The Bertz CT molecular complexity index is 712. The van der Waals surface area contributed by atoms with Gasteiger partial charge in [0.2, 0.25) is 0 Å². The van der Waals surface area contributed by atoms with Crippen molar-refractivity contribution in [3.8, 4) is 0 Å². The normalized spacial score (nSPS) is 15.9. The molecule has 1 saturated heterocycles. The Hall–Kier alpha value is -2.19. The van der Waals surface area contributed by atoms with E-state index in [1.165, 1.54) is 23.8 Å². The summed E-state index contributed by atoms with van der Waals surface area (Å²) in [6.45, 7) is 0.287. The van der Waals surface area contributed by atoms with Gasteiger partial charge in [0.1, 0.15) is 4.32 Å². The molecule has 0 aromatic heterocycles. The summed E-state index contributed by atoms with van der Waals surface area (Å²) in [6.07, 6.45) is 2.03. The fourth-order valence-corrected chi connectivity index (χ4v) is 3.37. The van der Waals surface area contributed by atoms with Gasteiger partial charge in [0.25, 0.3) is 5.91 Å². The molecule has 6 nitrogen and oxygen atoms in total. The van der Waals surface area contributed by atoms with Crippen LogP contribution in [0.1, 0.15) is 28.8 Å². The van der Waals surface area contributed by atoms with E-state index >= 15 is 0 Å². The number of amides is 1. The Morgan fingerprint density at radius 2 is 2.00 bits per heavy atom. The van der Waals surface area contributed by atoms with E-state index in [0.717, 1.165) is 5.56 Å². The summed E-state index contributed by atoms with van der Waals surface area (Å²) in [5, 5.41) is 8.66. The Morgan fingerprint density at radius 1 is 1.33 bits per heavy atom. The van der Waals surface area contributed by atoms with Gasteiger partial charge in [-0.05, 0) is 30.2 Å². The number of thioether (sulfide) groups is 1. The molecule has 126 valence electrons. The second-order valence-corrected chi connectivity index (χ2v) is 6.62. The molecule has 0 radical (unpaired) electrons. The highest BCUT2D eigenvalue weighted by molar-refractivity contribution is 8.26. The van der Waals surface area contributed by atoms with Crippen LogP contribution >= 0.6 is 24.0 Å². The number of benzene rings is 1. The summed E-state index contributed by atoms with van der Waals surface area (Å²) in [5.41, 5.74) is 1.18. The van der Waals surface area contributed by atoms with Crippen molar-refractivity contribution < 1.29 is 24.2 Å². The molecule has 24 heavy (non-hydrogen) atoms. The first kappa shape index (κ1) is 18.2. The Morgan fingerprint density at radius 3 is 2.58 bits per heavy atom. The van der Waals surface area contributed by atoms with E-state index in [2.05, 4.69) is 4.74 Å². The minimum Gasteiger partial charge on any atom is -0.481 e. The van der Waals surface area contributed by atoms with Gasteiger partial charge < -0.3 is 9.84 Å². The number of thiocarbonyl (C=S) groups is 1. The molecule has 1 amide bonds. The van der Waals surface area contributed by atoms with Crippen molar-refractivity contribution in [1.82, 2.24) is 4.90 Å². The molecule has 0 spiro atoms. The van der Waals surface area contributed by atoms with Crippen LogP contribution in [0.3, 0.4) is 0 Å². The molecule has 1 aromatic carbocycles. The third kappa shape index (κ3) is 4.42. The third-order valence-electron chi connectivity index (χ3n) is 3.28. The van der Waals surface area contributed by atoms with Crippen LogP contribution in [0.25, 0.3) is 6.08 Å². The van der Waals surface area contributed by atoms with Gasteiger partial charge in [0.15, 0.2) is 0 Å². The molecule has 0 unspecified atom stereocenters. The third-order valence-corrected chi connectivity index (χ3v) is 4.65. The number of ether oxygens (including phenoxy) is 1. The lowest BCUT2D eigenvalue weighted by atomic mass is 10.1. The SMILES string of the molecule is COC(=O)c1ccc(C=C2SC(=S)N(CCCC(=O)O)C2=O)cc1. The molecule has 8 heteroatoms. The smallest absolute Gasteiger partial charge is 0.337 e. The zero-order valence-corrected chi connectivity index (χ0v) is 14.5. The summed E-state index contributed by atoms with van der Waals surface area (Å²) in [5.74, 6) is -1.56. The van der Waals surface area contributed by atoms with Crippen molar-refractivity contribution in [2.45, 2.75) is 12.8 Å². The monoisotopic (exact) mass is 365 g/mol. The van der Waals surface area contributed by atoms with Crippen LogP contribution in [0, 0.1) is 0 Å². The molecule has 1 fully saturated rings. The number of carboxylic acid groups (broad SMARTS) is 1. The molecule has 1 aliphatic rings. The summed E-state index contributed by atoms with van der Waals surface area (Å²) in [6, 6.07) is 6.66. The topological polar surface area (TPSA) is 83.9 Å². The average molecular weight is 365 g/mol. The van der Waals surface area contributed by atoms with Gasteiger partial charge in [0, 0.05) is 13.0 Å². The lowest BCUT2D eigenvalue weighted by Gasteiger charge is -2.13. The number of carbonyl (C=O) groups excluding carboxylic acids is 2. The quantitative estimate of drug-likeness (QED) is 0.471. The van der Waals surface area contributed by atoms with Crippen molar-refractivity contribution in [1.29, 1.82) is 0 Å². The molecular weight excluding hydrogens is 350 g/mol. The van der Waals surface area contributed by atoms with Crippen LogP contribution in [0.15, 0.2) is 29.2 Å². The van der Waals surface area contributed by atoms with Crippen molar-refractivity contribution in [2.75, 3.05) is 13.7 Å². The number of carbonyl (C=O) groups is 3. The largest absolute Gasteiger partial charge is 0.481 e. The first-order valence-corrected chi connectivity index (χ1v) is 8.30. The molecule has 0 atom stereocenters. The second-order valence-electron chi connectivity index (χ2n) is 4.94. The van der Waals surface area contributed by atoms with Crippen molar-refractivity contribution in [3.05, 3.63) is 40.3 Å². The minimum atomic E-state index is -0.901. The van der Waals surface area contributed by atoms with Crippen LogP contribution in [0.2, 0.25) is 0 Å². The summed E-state index contributed by atoms with van der Waals surface area (Å²) >= 11 is 6.36. The maximum Gasteiger partial charge on any atom is 0.337 e. The lowest BCUT2D eigenvalue weighted by Crippen LogP contribution is -2.29. The van der Waals surface area contributed by atoms with Gasteiger partial charge in [-0.25, -0.2) is 4.79 Å². The van der Waals surface area contributed by atoms with E-state index in [1.807, 2.05) is 0 Å². The number of aliphatic carboxylic acids is 1.